The molecule has 1 unspecified atom stereocenters. The molecule has 4 atom stereocenters. The average Bonchev–Trinajstić information content (AvgIpc) is 3.42. The van der Waals surface area contributed by atoms with Crippen LogP contribution in [0.15, 0.2) is 46.0 Å². The molecule has 2 aromatic rings. The van der Waals surface area contributed by atoms with Crippen molar-refractivity contribution < 1.29 is 27.8 Å². The molecule has 1 amide bonds. The van der Waals surface area contributed by atoms with Crippen LogP contribution in [0.2, 0.25) is 0 Å². The number of amides is 1. The van der Waals surface area contributed by atoms with Crippen molar-refractivity contribution in [3.8, 4) is 0 Å². The number of nitrogens with zero attached hydrogens (tertiary/aromatic N) is 2. The van der Waals surface area contributed by atoms with E-state index >= 15 is 0 Å². The molecule has 0 spiro atoms. The molecule has 0 saturated carbocycles. The fourth-order valence-electron chi connectivity index (χ4n) is 4.89. The third-order valence-electron chi connectivity index (χ3n) is 6.28. The number of fused-ring (bicyclic) bond motifs is 3. The zero-order valence-electron chi connectivity index (χ0n) is 18.2. The van der Waals surface area contributed by atoms with Crippen LogP contribution in [0.3, 0.4) is 0 Å². The molecular formula is C22H26N2O6S2. The van der Waals surface area contributed by atoms with E-state index in [1.54, 1.807) is 37.3 Å². The summed E-state index contributed by atoms with van der Waals surface area (Å²) in [4.78, 5) is 28.5. The highest BCUT2D eigenvalue weighted by Crippen LogP contribution is 2.55. The highest BCUT2D eigenvalue weighted by molar-refractivity contribution is 7.97. The summed E-state index contributed by atoms with van der Waals surface area (Å²) in [5.74, 6) is -2.34. The average molecular weight is 479 g/mol. The Labute approximate surface area is 192 Å². The Hall–Kier alpha value is -2.11. The van der Waals surface area contributed by atoms with Crippen molar-refractivity contribution in [1.29, 1.82) is 0 Å². The minimum Gasteiger partial charge on any atom is -0.592 e. The zero-order valence-corrected chi connectivity index (χ0v) is 19.8. The van der Waals surface area contributed by atoms with Crippen LogP contribution >= 0.6 is 11.3 Å². The van der Waals surface area contributed by atoms with Gasteiger partial charge in [0.05, 0.1) is 25.7 Å². The maximum absolute atomic E-state index is 14.0. The first-order valence-corrected chi connectivity index (χ1v) is 12.7. The number of ether oxygens (including phenoxy) is 2. The third-order valence-corrected chi connectivity index (χ3v) is 9.61. The molecule has 32 heavy (non-hydrogen) atoms. The number of rotatable bonds is 7. The lowest BCUT2D eigenvalue weighted by molar-refractivity contribution is -0.148. The summed E-state index contributed by atoms with van der Waals surface area (Å²) in [6.45, 7) is 3.94. The van der Waals surface area contributed by atoms with Crippen molar-refractivity contribution >= 4 is 39.3 Å². The molecule has 4 rings (SSSR count). The van der Waals surface area contributed by atoms with Gasteiger partial charge in [-0.25, -0.2) is 0 Å². The first kappa shape index (κ1) is 23.1. The van der Waals surface area contributed by atoms with E-state index in [1.807, 2.05) is 24.3 Å². The Kier molecular flexibility index (Phi) is 6.25. The number of esters is 1. The largest absolute Gasteiger partial charge is 0.592 e. The molecule has 172 valence electrons. The minimum atomic E-state index is -4.02. The lowest BCUT2D eigenvalue weighted by Gasteiger charge is -2.46. The van der Waals surface area contributed by atoms with Crippen LogP contribution in [-0.2, 0) is 33.7 Å². The van der Waals surface area contributed by atoms with Gasteiger partial charge >= 0.3 is 5.97 Å². The van der Waals surface area contributed by atoms with Gasteiger partial charge < -0.3 is 18.9 Å². The lowest BCUT2D eigenvalue weighted by Crippen LogP contribution is -2.63. The van der Waals surface area contributed by atoms with Crippen molar-refractivity contribution in [2.75, 3.05) is 38.3 Å². The summed E-state index contributed by atoms with van der Waals surface area (Å²) in [5.41, 5.74) is -0.0585. The van der Waals surface area contributed by atoms with E-state index in [-0.39, 0.29) is 29.8 Å². The van der Waals surface area contributed by atoms with E-state index in [0.717, 1.165) is 16.9 Å². The number of benzene rings is 1. The highest BCUT2D eigenvalue weighted by atomic mass is 32.3. The number of hydrogen-bond acceptors (Lipinski definition) is 7. The summed E-state index contributed by atoms with van der Waals surface area (Å²) >= 11 is 1.09. The molecule has 0 aliphatic carbocycles. The predicted molar refractivity (Wildman–Crippen MR) is 120 cm³/mol. The van der Waals surface area contributed by atoms with E-state index in [9.17, 15) is 18.4 Å². The summed E-state index contributed by atoms with van der Waals surface area (Å²) in [5, 5.41) is 1.68. The molecule has 10 heteroatoms. The van der Waals surface area contributed by atoms with Gasteiger partial charge in [0.1, 0.15) is 5.54 Å². The summed E-state index contributed by atoms with van der Waals surface area (Å²) in [6.07, 6.45) is 0. The molecule has 1 fully saturated rings. The van der Waals surface area contributed by atoms with E-state index in [2.05, 4.69) is 0 Å². The number of carbonyl (C=O) groups is 2. The van der Waals surface area contributed by atoms with Crippen molar-refractivity contribution in [3.63, 3.8) is 0 Å². The number of carbonyl (C=O) groups excluding carboxylic acids is 2. The summed E-state index contributed by atoms with van der Waals surface area (Å²) in [6, 6.07) is 10.5. The van der Waals surface area contributed by atoms with E-state index in [0.29, 0.717) is 12.3 Å². The number of anilines is 1. The normalized spacial score (nSPS) is 27.0. The highest BCUT2D eigenvalue weighted by Gasteiger charge is 2.68. The molecule has 0 radical (unpaired) electrons. The SMILES string of the molecule is CCOC(=O)[C@H]1CN([S+](=O)([O-])c2cccs2)[C@]2(C)C(=O)N(CCOC)c3ccccc3[C@H]12. The molecule has 0 bridgehead atoms. The number of sulfonamides is 1. The van der Waals surface area contributed by atoms with Crippen LogP contribution in [0.4, 0.5) is 5.69 Å². The van der Waals surface area contributed by atoms with E-state index < -0.39 is 33.7 Å². The molecule has 1 aromatic carbocycles. The molecule has 1 aromatic heterocycles. The molecular weight excluding hydrogens is 452 g/mol. The summed E-state index contributed by atoms with van der Waals surface area (Å²) in [7, 11) is -2.47. The van der Waals surface area contributed by atoms with Gasteiger partial charge in [-0.05, 0) is 36.9 Å². The van der Waals surface area contributed by atoms with Crippen LogP contribution in [0.25, 0.3) is 0 Å². The van der Waals surface area contributed by atoms with E-state index in [4.69, 9.17) is 9.47 Å². The molecule has 1 saturated heterocycles. The molecule has 0 N–H and O–H groups in total. The zero-order chi connectivity index (χ0) is 23.1. The van der Waals surface area contributed by atoms with Crippen molar-refractivity contribution in [2.45, 2.75) is 29.5 Å². The molecule has 8 nitrogen and oxygen atoms in total. The molecule has 3 heterocycles. The van der Waals surface area contributed by atoms with Gasteiger partial charge in [0.25, 0.3) is 5.91 Å². The summed E-state index contributed by atoms with van der Waals surface area (Å²) < 4.78 is 39.1. The van der Waals surface area contributed by atoms with Gasteiger partial charge in [0, 0.05) is 31.3 Å². The molecule has 2 aliphatic heterocycles. The quantitative estimate of drug-likeness (QED) is 0.448. The van der Waals surface area contributed by atoms with E-state index in [1.165, 1.54) is 10.4 Å². The first-order valence-electron chi connectivity index (χ1n) is 10.4. The van der Waals surface area contributed by atoms with Gasteiger partial charge in [0.2, 0.25) is 4.21 Å². The predicted octanol–water partition coefficient (Wildman–Crippen LogP) is 2.68. The second-order valence-electron chi connectivity index (χ2n) is 7.96. The van der Waals surface area contributed by atoms with Crippen LogP contribution in [-0.4, -0.2) is 59.7 Å². The molecule has 2 aliphatic rings. The Balaban J connectivity index is 1.91. The van der Waals surface area contributed by atoms with Crippen LogP contribution < -0.4 is 4.90 Å². The van der Waals surface area contributed by atoms with Crippen LogP contribution in [0.5, 0.6) is 0 Å². The van der Waals surface area contributed by atoms with Gasteiger partial charge in [-0.1, -0.05) is 33.7 Å². The smallest absolute Gasteiger partial charge is 0.311 e. The third kappa shape index (κ3) is 3.41. The first-order chi connectivity index (χ1) is 15.3. The standard InChI is InChI=1S/C22H26N2O6S2/c1-4-30-20(25)16-14-24(32(27,28)18-10-7-13-31-18)22(2)19(16)15-8-5-6-9-17(15)23(21(22)26)11-12-29-3/h5-10,13,16,19H,4,11-12,14H2,1-3H3/t16-,19+,22-/m0/s1. The number of thiophene rings is 1. The van der Waals surface area contributed by atoms with Crippen molar-refractivity contribution in [1.82, 2.24) is 4.31 Å². The van der Waals surface area contributed by atoms with Crippen molar-refractivity contribution in [2.24, 2.45) is 5.92 Å². The number of para-hydroxylation sites is 1. The Bertz CT molecular complexity index is 1060. The van der Waals surface area contributed by atoms with Gasteiger partial charge in [-0.3, -0.25) is 9.59 Å². The second kappa shape index (κ2) is 8.68. The Morgan fingerprint density at radius 3 is 2.72 bits per heavy atom. The van der Waals surface area contributed by atoms with Gasteiger partial charge in [0.15, 0.2) is 10.4 Å². The topological polar surface area (TPSA) is 99.2 Å². The van der Waals surface area contributed by atoms with Crippen molar-refractivity contribution in [3.05, 3.63) is 47.3 Å². The number of hydrogen-bond donors (Lipinski definition) is 0. The maximum Gasteiger partial charge on any atom is 0.311 e. The Morgan fingerprint density at radius 2 is 2.06 bits per heavy atom. The number of methoxy groups -OCH3 is 1. The fraction of sp³-hybridized carbons (Fsp3) is 0.455. The monoisotopic (exact) mass is 478 g/mol. The fourth-order valence-corrected chi connectivity index (χ4v) is 7.78. The van der Waals surface area contributed by atoms with Crippen LogP contribution in [0, 0.1) is 5.92 Å². The van der Waals surface area contributed by atoms with Gasteiger partial charge in [-0.15, -0.1) is 4.31 Å². The van der Waals surface area contributed by atoms with Crippen LogP contribution in [0.1, 0.15) is 25.3 Å². The maximum atomic E-state index is 14.0. The minimum absolute atomic E-state index is 0.127. The second-order valence-corrected chi connectivity index (χ2v) is 11.0. The lowest BCUT2D eigenvalue weighted by atomic mass is 9.72. The van der Waals surface area contributed by atoms with Gasteiger partial charge in [-0.2, -0.15) is 0 Å². The Morgan fingerprint density at radius 1 is 1.31 bits per heavy atom.